The number of rotatable bonds is 3. The Morgan fingerprint density at radius 2 is 2.04 bits per heavy atom. The van der Waals surface area contributed by atoms with Crippen LogP contribution in [0.25, 0.3) is 10.9 Å². The standard InChI is InChI=1S/C18H19FN4/c1-12-6-13(2)23(21-12)17-10-22(11-17)9-15-8-16(19)7-14-4-3-5-20-18(14)15/h3-8,17H,9-11H2,1-2H3. The summed E-state index contributed by atoms with van der Waals surface area (Å²) in [7, 11) is 0. The van der Waals surface area contributed by atoms with Crippen LogP contribution in [-0.4, -0.2) is 32.8 Å². The summed E-state index contributed by atoms with van der Waals surface area (Å²) in [4.78, 5) is 6.73. The van der Waals surface area contributed by atoms with Crippen LogP contribution in [0.15, 0.2) is 36.5 Å². The van der Waals surface area contributed by atoms with Gasteiger partial charge in [-0.05, 0) is 43.7 Å². The molecule has 0 bridgehead atoms. The van der Waals surface area contributed by atoms with Gasteiger partial charge in [0, 0.05) is 36.9 Å². The van der Waals surface area contributed by atoms with Gasteiger partial charge in [-0.25, -0.2) is 4.39 Å². The summed E-state index contributed by atoms with van der Waals surface area (Å²) < 4.78 is 15.9. The molecule has 0 unspecified atom stereocenters. The van der Waals surface area contributed by atoms with E-state index in [1.165, 1.54) is 5.69 Å². The molecule has 1 fully saturated rings. The van der Waals surface area contributed by atoms with Crippen LogP contribution in [0.1, 0.15) is 23.0 Å². The van der Waals surface area contributed by atoms with Crippen molar-refractivity contribution in [2.45, 2.75) is 26.4 Å². The lowest BCUT2D eigenvalue weighted by Crippen LogP contribution is -2.47. The lowest BCUT2D eigenvalue weighted by molar-refractivity contribution is 0.0896. The summed E-state index contributed by atoms with van der Waals surface area (Å²) in [6, 6.07) is 9.41. The lowest BCUT2D eigenvalue weighted by atomic mass is 10.0. The van der Waals surface area contributed by atoms with E-state index in [-0.39, 0.29) is 5.82 Å². The van der Waals surface area contributed by atoms with Crippen molar-refractivity contribution < 1.29 is 4.39 Å². The lowest BCUT2D eigenvalue weighted by Gasteiger charge is -2.39. The Kier molecular flexibility index (Phi) is 3.38. The van der Waals surface area contributed by atoms with Crippen molar-refractivity contribution in [1.29, 1.82) is 0 Å². The van der Waals surface area contributed by atoms with E-state index in [2.05, 4.69) is 32.7 Å². The molecule has 23 heavy (non-hydrogen) atoms. The van der Waals surface area contributed by atoms with Crippen LogP contribution >= 0.6 is 0 Å². The zero-order valence-electron chi connectivity index (χ0n) is 13.3. The molecule has 0 radical (unpaired) electrons. The molecule has 1 saturated heterocycles. The number of hydrogen-bond donors (Lipinski definition) is 0. The Balaban J connectivity index is 1.52. The van der Waals surface area contributed by atoms with Gasteiger partial charge >= 0.3 is 0 Å². The van der Waals surface area contributed by atoms with Gasteiger partial charge in [-0.2, -0.15) is 5.10 Å². The molecule has 0 spiro atoms. The van der Waals surface area contributed by atoms with Gasteiger partial charge in [0.2, 0.25) is 0 Å². The van der Waals surface area contributed by atoms with E-state index in [4.69, 9.17) is 0 Å². The summed E-state index contributed by atoms with van der Waals surface area (Å²) in [5.41, 5.74) is 4.10. The van der Waals surface area contributed by atoms with E-state index in [0.717, 1.165) is 41.8 Å². The van der Waals surface area contributed by atoms with Crippen LogP contribution in [0.5, 0.6) is 0 Å². The number of aromatic nitrogens is 3. The molecule has 1 aromatic carbocycles. The molecule has 0 saturated carbocycles. The predicted molar refractivity (Wildman–Crippen MR) is 87.7 cm³/mol. The number of aryl methyl sites for hydroxylation is 2. The van der Waals surface area contributed by atoms with E-state index in [1.807, 2.05) is 19.1 Å². The van der Waals surface area contributed by atoms with E-state index < -0.39 is 0 Å². The van der Waals surface area contributed by atoms with Gasteiger partial charge in [0.15, 0.2) is 0 Å². The first-order valence-corrected chi connectivity index (χ1v) is 7.88. The minimum Gasteiger partial charge on any atom is -0.295 e. The molecule has 4 rings (SSSR count). The number of fused-ring (bicyclic) bond motifs is 1. The Morgan fingerprint density at radius 1 is 1.22 bits per heavy atom. The van der Waals surface area contributed by atoms with E-state index in [0.29, 0.717) is 6.04 Å². The summed E-state index contributed by atoms with van der Waals surface area (Å²) in [5, 5.41) is 5.41. The molecule has 1 aliphatic rings. The highest BCUT2D eigenvalue weighted by Crippen LogP contribution is 2.27. The second-order valence-corrected chi connectivity index (χ2v) is 6.36. The molecule has 3 heterocycles. The smallest absolute Gasteiger partial charge is 0.124 e. The average molecular weight is 310 g/mol. The number of halogens is 1. The molecular weight excluding hydrogens is 291 g/mol. The highest BCUT2D eigenvalue weighted by Gasteiger charge is 2.30. The molecule has 0 amide bonds. The fourth-order valence-electron chi connectivity index (χ4n) is 3.43. The Bertz CT molecular complexity index is 865. The first-order valence-electron chi connectivity index (χ1n) is 7.88. The molecular formula is C18H19FN4. The third-order valence-electron chi connectivity index (χ3n) is 4.47. The second kappa shape index (κ2) is 5.42. The molecule has 5 heteroatoms. The predicted octanol–water partition coefficient (Wildman–Crippen LogP) is 3.24. The highest BCUT2D eigenvalue weighted by atomic mass is 19.1. The van der Waals surface area contributed by atoms with E-state index in [1.54, 1.807) is 18.3 Å². The summed E-state index contributed by atoms with van der Waals surface area (Å²) in [5.74, 6) is -0.198. The van der Waals surface area contributed by atoms with Gasteiger partial charge in [-0.15, -0.1) is 0 Å². The fourth-order valence-corrected chi connectivity index (χ4v) is 3.43. The number of pyridine rings is 1. The zero-order chi connectivity index (χ0) is 16.0. The monoisotopic (exact) mass is 310 g/mol. The Morgan fingerprint density at radius 3 is 2.78 bits per heavy atom. The maximum absolute atomic E-state index is 13.8. The van der Waals surface area contributed by atoms with Crippen molar-refractivity contribution in [3.63, 3.8) is 0 Å². The van der Waals surface area contributed by atoms with E-state index in [9.17, 15) is 4.39 Å². The zero-order valence-corrected chi connectivity index (χ0v) is 13.3. The second-order valence-electron chi connectivity index (χ2n) is 6.36. The largest absolute Gasteiger partial charge is 0.295 e. The summed E-state index contributed by atoms with van der Waals surface area (Å²) in [6.07, 6.45) is 1.76. The minimum atomic E-state index is -0.198. The molecule has 0 atom stereocenters. The van der Waals surface area contributed by atoms with Crippen molar-refractivity contribution in [3.05, 3.63) is 59.3 Å². The van der Waals surface area contributed by atoms with Gasteiger partial charge < -0.3 is 0 Å². The molecule has 4 nitrogen and oxygen atoms in total. The first kappa shape index (κ1) is 14.3. The highest BCUT2D eigenvalue weighted by molar-refractivity contribution is 5.81. The number of likely N-dealkylation sites (tertiary alicyclic amines) is 1. The van der Waals surface area contributed by atoms with Crippen LogP contribution in [-0.2, 0) is 6.54 Å². The normalized spacial score (nSPS) is 16.0. The van der Waals surface area contributed by atoms with E-state index >= 15 is 0 Å². The van der Waals surface area contributed by atoms with Gasteiger partial charge in [0.25, 0.3) is 0 Å². The van der Waals surface area contributed by atoms with Gasteiger partial charge in [-0.3, -0.25) is 14.6 Å². The maximum atomic E-state index is 13.8. The maximum Gasteiger partial charge on any atom is 0.124 e. The van der Waals surface area contributed by atoms with Crippen molar-refractivity contribution in [2.24, 2.45) is 0 Å². The Labute approximate surface area is 134 Å². The number of nitrogens with zero attached hydrogens (tertiary/aromatic N) is 4. The SMILES string of the molecule is Cc1cc(C)n(C2CN(Cc3cc(F)cc4cccnc34)C2)n1. The van der Waals surface area contributed by atoms with Gasteiger partial charge in [0.05, 0.1) is 17.3 Å². The summed E-state index contributed by atoms with van der Waals surface area (Å²) in [6.45, 7) is 6.71. The topological polar surface area (TPSA) is 34.0 Å². The average Bonchev–Trinajstić information content (AvgIpc) is 2.80. The van der Waals surface area contributed by atoms with Gasteiger partial charge in [0.1, 0.15) is 5.82 Å². The van der Waals surface area contributed by atoms with Crippen LogP contribution in [0.4, 0.5) is 4.39 Å². The van der Waals surface area contributed by atoms with Crippen molar-refractivity contribution in [2.75, 3.05) is 13.1 Å². The number of hydrogen-bond acceptors (Lipinski definition) is 3. The fraction of sp³-hybridized carbons (Fsp3) is 0.333. The summed E-state index contributed by atoms with van der Waals surface area (Å²) >= 11 is 0. The third-order valence-corrected chi connectivity index (χ3v) is 4.47. The number of benzene rings is 1. The minimum absolute atomic E-state index is 0.198. The van der Waals surface area contributed by atoms with Crippen LogP contribution in [0, 0.1) is 19.7 Å². The molecule has 0 N–H and O–H groups in total. The van der Waals surface area contributed by atoms with Crippen molar-refractivity contribution in [3.8, 4) is 0 Å². The Hall–Kier alpha value is -2.27. The van der Waals surface area contributed by atoms with Gasteiger partial charge in [-0.1, -0.05) is 6.07 Å². The molecule has 2 aromatic heterocycles. The van der Waals surface area contributed by atoms with Crippen LogP contribution < -0.4 is 0 Å². The van der Waals surface area contributed by atoms with Crippen molar-refractivity contribution in [1.82, 2.24) is 19.7 Å². The molecule has 1 aliphatic heterocycles. The molecule has 0 aliphatic carbocycles. The van der Waals surface area contributed by atoms with Crippen LogP contribution in [0.3, 0.4) is 0 Å². The van der Waals surface area contributed by atoms with Crippen molar-refractivity contribution >= 4 is 10.9 Å². The first-order chi connectivity index (χ1) is 11.1. The molecule has 3 aromatic rings. The van der Waals surface area contributed by atoms with Crippen LogP contribution in [0.2, 0.25) is 0 Å². The quantitative estimate of drug-likeness (QED) is 0.745. The third kappa shape index (κ3) is 2.61. The molecule has 118 valence electrons.